The van der Waals surface area contributed by atoms with Gasteiger partial charge in [-0.1, -0.05) is 99.2 Å². The summed E-state index contributed by atoms with van der Waals surface area (Å²) in [5, 5.41) is 34.2. The molecule has 9 nitrogen and oxygen atoms in total. The maximum absolute atomic E-state index is 10.1. The minimum Gasteiger partial charge on any atom is -0.545 e. The van der Waals surface area contributed by atoms with Gasteiger partial charge < -0.3 is 42.6 Å². The molecule has 1 aliphatic carbocycles. The molecule has 13 heteroatoms. The number of hydrogen-bond acceptors (Lipinski definition) is 9. The molecule has 2 aromatic rings. The Balaban J connectivity index is -0.0000000766. The van der Waals surface area contributed by atoms with Crippen LogP contribution in [0.3, 0.4) is 0 Å². The molecule has 0 atom stereocenters. The fraction of sp³-hybridized carbons (Fsp3) is 0.364. The van der Waals surface area contributed by atoms with Crippen molar-refractivity contribution in [3.63, 3.8) is 0 Å². The van der Waals surface area contributed by atoms with E-state index >= 15 is 0 Å². The van der Waals surface area contributed by atoms with Gasteiger partial charge in [-0.25, -0.2) is 0 Å². The van der Waals surface area contributed by atoms with Crippen molar-refractivity contribution in [1.29, 1.82) is 0 Å². The largest absolute Gasteiger partial charge is 1.00 e. The Bertz CT molecular complexity index is 600. The molecule has 0 spiro atoms. The van der Waals surface area contributed by atoms with Gasteiger partial charge >= 0.3 is 88.7 Å². The first-order valence-electron chi connectivity index (χ1n) is 9.50. The van der Waals surface area contributed by atoms with Crippen LogP contribution in [0.5, 0.6) is 0 Å². The number of rotatable bonds is 2. The van der Waals surface area contributed by atoms with Crippen molar-refractivity contribution >= 4 is 11.9 Å². The molecule has 1 saturated carbocycles. The van der Waals surface area contributed by atoms with Crippen molar-refractivity contribution in [3.8, 4) is 0 Å². The molecule has 1 aliphatic rings. The second-order valence-electron chi connectivity index (χ2n) is 5.62. The molecule has 2 N–H and O–H groups in total. The Hall–Kier alpha value is 0.660. The van der Waals surface area contributed by atoms with Crippen LogP contribution in [0.2, 0.25) is 0 Å². The Kier molecular flexibility index (Phi) is 54.5. The Labute approximate surface area is 279 Å². The summed E-state index contributed by atoms with van der Waals surface area (Å²) in [6.45, 7) is 0. The van der Waals surface area contributed by atoms with E-state index in [2.05, 4.69) is 0 Å². The van der Waals surface area contributed by atoms with Crippen molar-refractivity contribution in [1.82, 2.24) is 0 Å². The number of aliphatic hydroxyl groups excluding tert-OH is 2. The number of aromatic carboxylic acids is 2. The van der Waals surface area contributed by atoms with Gasteiger partial charge in [-0.05, 0) is 11.1 Å². The van der Waals surface area contributed by atoms with E-state index in [9.17, 15) is 19.8 Å². The Morgan fingerprint density at radius 3 is 0.857 bits per heavy atom. The van der Waals surface area contributed by atoms with Gasteiger partial charge in [0.2, 0.25) is 14.8 Å². The molecule has 2 aromatic carbocycles. The number of benzene rings is 2. The summed E-state index contributed by atoms with van der Waals surface area (Å²) < 4.78 is 25.6. The third-order valence-electron chi connectivity index (χ3n) is 3.52. The second-order valence-corrected chi connectivity index (χ2v) is 6.41. The molecule has 1 fully saturated rings. The van der Waals surface area contributed by atoms with Crippen LogP contribution in [0.25, 0.3) is 0 Å². The predicted octanol–water partition coefficient (Wildman–Crippen LogP) is -10.9. The summed E-state index contributed by atoms with van der Waals surface area (Å²) in [6.07, 6.45) is 9.00. The fourth-order valence-electron chi connectivity index (χ4n) is 2.21. The zero-order chi connectivity index (χ0) is 25.2. The number of carbonyl (C=O) groups excluding carboxylic acids is 2. The zero-order valence-corrected chi connectivity index (χ0v) is 28.7. The molecular weight excluding hydrogens is 557 g/mol. The minimum atomic E-state index is -3.65. The van der Waals surface area contributed by atoms with Gasteiger partial charge in [0.1, 0.15) is 0 Å². The average molecular weight is 587 g/mol. The third-order valence-corrected chi connectivity index (χ3v) is 3.52. The van der Waals surface area contributed by atoms with Crippen molar-refractivity contribution in [2.75, 3.05) is 14.2 Å². The van der Waals surface area contributed by atoms with E-state index < -0.39 is 26.8 Å². The van der Waals surface area contributed by atoms with Crippen LogP contribution >= 0.6 is 0 Å². The summed E-state index contributed by atoms with van der Waals surface area (Å²) in [5.74, 6) is -2.26. The summed E-state index contributed by atoms with van der Waals surface area (Å²) in [4.78, 5) is 20.2. The number of halogens is 1. The normalized spacial score (nSPS) is 10.1. The first kappa shape index (κ1) is 48.7. The van der Waals surface area contributed by atoms with Crippen molar-refractivity contribution in [2.24, 2.45) is 0 Å². The number of aliphatic hydroxyl groups is 2. The van der Waals surface area contributed by atoms with Gasteiger partial charge in [-0.2, -0.15) is 0 Å². The molecule has 35 heavy (non-hydrogen) atoms. The first-order chi connectivity index (χ1) is 15.3. The van der Waals surface area contributed by atoms with E-state index in [0.717, 1.165) is 14.2 Å². The van der Waals surface area contributed by atoms with Gasteiger partial charge in [-0.15, -0.1) is 0 Å². The van der Waals surface area contributed by atoms with Gasteiger partial charge in [0.25, 0.3) is 0 Å². The van der Waals surface area contributed by atoms with Crippen LogP contribution in [-0.4, -0.2) is 36.4 Å². The molecule has 0 aromatic heterocycles. The summed E-state index contributed by atoms with van der Waals surface area (Å²) in [7, 11) is 2.00. The quantitative estimate of drug-likeness (QED) is 0.322. The van der Waals surface area contributed by atoms with E-state index in [4.69, 9.17) is 22.8 Å². The van der Waals surface area contributed by atoms with Crippen LogP contribution < -0.4 is 111 Å². The van der Waals surface area contributed by atoms with Crippen LogP contribution in [0.4, 0.5) is 0 Å². The van der Waals surface area contributed by atoms with E-state index in [1.807, 2.05) is 0 Å². The standard InChI is InChI=1S/2C7H6O2.C6H12.2CH4O.BrO3.3Na/c2*8-7(9)6-4-2-1-3-5-6;1-2-4-6-5-3-1;2*1-2;2-1(3)4;;;/h2*1-5H,(H,8,9);1-6H2;2*2H,1H3;;;;/q;;;;;-1;3*+1/p-2. The van der Waals surface area contributed by atoms with Crippen LogP contribution in [0, 0.1) is 14.8 Å². The molecule has 0 heterocycles. The molecule has 3 rings (SSSR count). The van der Waals surface area contributed by atoms with E-state index in [1.54, 1.807) is 36.4 Å². The van der Waals surface area contributed by atoms with E-state index in [0.29, 0.717) is 0 Å². The Morgan fingerprint density at radius 1 is 0.571 bits per heavy atom. The number of carboxylic acids is 2. The summed E-state index contributed by atoms with van der Waals surface area (Å²) in [5.41, 5.74) is 0.440. The number of carboxylic acid groups (broad SMARTS) is 2. The van der Waals surface area contributed by atoms with E-state index in [1.165, 1.54) is 62.8 Å². The van der Waals surface area contributed by atoms with Gasteiger partial charge in [-0.3, -0.25) is 0 Å². The van der Waals surface area contributed by atoms with Crippen LogP contribution in [-0.2, 0) is 0 Å². The molecule has 0 aliphatic heterocycles. The van der Waals surface area contributed by atoms with Crippen molar-refractivity contribution < 1.29 is 146 Å². The van der Waals surface area contributed by atoms with Crippen LogP contribution in [0.1, 0.15) is 59.2 Å². The number of carbonyl (C=O) groups is 2. The first-order valence-corrected chi connectivity index (χ1v) is 11.4. The molecular formula is C22H30BrNa3O9. The van der Waals surface area contributed by atoms with Gasteiger partial charge in [0.05, 0.1) is 11.9 Å². The minimum absolute atomic E-state index is 0. The third kappa shape index (κ3) is 39.3. The maximum atomic E-state index is 10.1. The molecule has 182 valence electrons. The smallest absolute Gasteiger partial charge is 0.545 e. The van der Waals surface area contributed by atoms with Crippen molar-refractivity contribution in [2.45, 2.75) is 38.5 Å². The molecule has 0 bridgehead atoms. The Morgan fingerprint density at radius 2 is 0.743 bits per heavy atom. The number of hydrogen-bond donors (Lipinski definition) is 2. The SMILES string of the molecule is C1CCCCC1.CO.CO.O=C([O-])c1ccccc1.O=C([O-])c1ccccc1.[Na+].[Na+].[Na+].[O-][Br+2]([O-])[O-]. The van der Waals surface area contributed by atoms with E-state index in [-0.39, 0.29) is 99.8 Å². The van der Waals surface area contributed by atoms with Crippen LogP contribution in [0.15, 0.2) is 60.7 Å². The van der Waals surface area contributed by atoms with Gasteiger partial charge in [0, 0.05) is 14.2 Å². The molecule has 0 radical (unpaired) electrons. The zero-order valence-electron chi connectivity index (χ0n) is 21.1. The van der Waals surface area contributed by atoms with Gasteiger partial charge in [0.15, 0.2) is 0 Å². The topological polar surface area (TPSA) is 190 Å². The monoisotopic (exact) mass is 586 g/mol. The molecule has 0 amide bonds. The molecule has 0 saturated heterocycles. The van der Waals surface area contributed by atoms with Crippen molar-refractivity contribution in [3.05, 3.63) is 71.8 Å². The maximum Gasteiger partial charge on any atom is 1.00 e. The summed E-state index contributed by atoms with van der Waals surface area (Å²) >= 11 is -3.65. The summed E-state index contributed by atoms with van der Waals surface area (Å²) in [6, 6.07) is 16.1. The second kappa shape index (κ2) is 39.2. The molecule has 0 unspecified atom stereocenters. The fourth-order valence-corrected chi connectivity index (χ4v) is 2.21. The average Bonchev–Trinajstić information content (AvgIpc) is 2.84. The predicted molar refractivity (Wildman–Crippen MR) is 106 cm³/mol.